The number of nitrogens with one attached hydrogen (secondary N) is 2. The molecule has 0 spiro atoms. The van der Waals surface area contributed by atoms with Gasteiger partial charge in [0, 0.05) is 33.8 Å². The van der Waals surface area contributed by atoms with E-state index in [4.69, 9.17) is 23.2 Å². The summed E-state index contributed by atoms with van der Waals surface area (Å²) < 4.78 is 30.9. The highest BCUT2D eigenvalue weighted by Gasteiger charge is 2.42. The third-order valence-corrected chi connectivity index (χ3v) is 8.40. The van der Waals surface area contributed by atoms with Crippen LogP contribution in [0.5, 0.6) is 0 Å². The molecule has 0 unspecified atom stereocenters. The summed E-state index contributed by atoms with van der Waals surface area (Å²) in [6.45, 7) is 10.2. The maximum atomic E-state index is 16.2. The van der Waals surface area contributed by atoms with Crippen molar-refractivity contribution in [2.24, 2.45) is 17.8 Å². The number of aromatic amines is 1. The molecule has 4 aromatic rings. The highest BCUT2D eigenvalue weighted by molar-refractivity contribution is 6.31. The minimum atomic E-state index is -0.534. The molecule has 0 amide bonds. The average Bonchev–Trinajstić information content (AvgIpc) is 3.31. The molecule has 2 bridgehead atoms. The smallest absolute Gasteiger partial charge is 0.223 e. The van der Waals surface area contributed by atoms with Crippen LogP contribution in [0.4, 0.5) is 20.3 Å². The molecule has 2 atom stereocenters. The minimum absolute atomic E-state index is 0.0868. The number of pyridine rings is 1. The molecule has 182 valence electrons. The van der Waals surface area contributed by atoms with Crippen molar-refractivity contribution in [3.8, 4) is 22.4 Å². The van der Waals surface area contributed by atoms with Crippen molar-refractivity contribution in [1.29, 1.82) is 0 Å². The van der Waals surface area contributed by atoms with Crippen molar-refractivity contribution in [2.75, 3.05) is 5.32 Å². The largest absolute Gasteiger partial charge is 0.364 e. The van der Waals surface area contributed by atoms with Gasteiger partial charge in [-0.25, -0.2) is 18.6 Å². The Labute approximate surface area is 213 Å². The zero-order chi connectivity index (χ0) is 25.0. The van der Waals surface area contributed by atoms with E-state index in [1.165, 1.54) is 18.9 Å². The Bertz CT molecular complexity index is 1500. The molecule has 7 rings (SSSR count). The van der Waals surface area contributed by atoms with Gasteiger partial charge in [0.05, 0.1) is 17.8 Å². The molecule has 2 heterocycles. The second-order valence-corrected chi connectivity index (χ2v) is 10.5. The van der Waals surface area contributed by atoms with Crippen LogP contribution in [0.2, 0.25) is 5.02 Å². The number of anilines is 1. The molecule has 2 N–H and O–H groups in total. The molecule has 36 heavy (non-hydrogen) atoms. The van der Waals surface area contributed by atoms with Gasteiger partial charge in [-0.15, -0.1) is 0 Å². The molecule has 4 nitrogen and oxygen atoms in total. The first kappa shape index (κ1) is 23.0. The Balaban J connectivity index is 1.58. The van der Waals surface area contributed by atoms with E-state index in [1.54, 1.807) is 24.4 Å². The second kappa shape index (κ2) is 8.90. The van der Waals surface area contributed by atoms with Gasteiger partial charge in [0.25, 0.3) is 0 Å². The SMILES string of the molecule is [C-]#[N+]c1c(-c2c[nH]c3c(F)cc(Cl)cc23)nc(N[C@@H]2C3CCC(CC3)[C@H]2C)c(F)c1-c1ccccc1. The fourth-order valence-corrected chi connectivity index (χ4v) is 6.53. The van der Waals surface area contributed by atoms with Crippen molar-refractivity contribution < 1.29 is 8.78 Å². The molecule has 3 saturated carbocycles. The van der Waals surface area contributed by atoms with Crippen LogP contribution < -0.4 is 5.32 Å². The zero-order valence-corrected chi connectivity index (χ0v) is 20.5. The summed E-state index contributed by atoms with van der Waals surface area (Å²) in [5, 5.41) is 4.20. The molecule has 2 aromatic carbocycles. The number of aromatic nitrogens is 2. The van der Waals surface area contributed by atoms with Crippen molar-refractivity contribution in [2.45, 2.75) is 38.6 Å². The molecule has 0 aliphatic heterocycles. The van der Waals surface area contributed by atoms with Crippen LogP contribution >= 0.6 is 11.6 Å². The van der Waals surface area contributed by atoms with Gasteiger partial charge < -0.3 is 10.3 Å². The highest BCUT2D eigenvalue weighted by atomic mass is 35.5. The third kappa shape index (κ3) is 3.65. The van der Waals surface area contributed by atoms with Gasteiger partial charge >= 0.3 is 0 Å². The summed E-state index contributed by atoms with van der Waals surface area (Å²) in [5.74, 6) is 0.611. The lowest BCUT2D eigenvalue weighted by molar-refractivity contribution is 0.0926. The summed E-state index contributed by atoms with van der Waals surface area (Å²) in [6, 6.07) is 12.1. The summed E-state index contributed by atoms with van der Waals surface area (Å²) in [4.78, 5) is 11.4. The van der Waals surface area contributed by atoms with Crippen molar-refractivity contribution in [1.82, 2.24) is 9.97 Å². The van der Waals surface area contributed by atoms with Crippen LogP contribution in [0.1, 0.15) is 32.6 Å². The molecule has 0 saturated heterocycles. The number of rotatable bonds is 4. The molecule has 0 radical (unpaired) electrons. The maximum absolute atomic E-state index is 16.2. The quantitative estimate of drug-likeness (QED) is 0.274. The van der Waals surface area contributed by atoms with Crippen molar-refractivity contribution >= 4 is 34.0 Å². The predicted molar refractivity (Wildman–Crippen MR) is 140 cm³/mol. The summed E-state index contributed by atoms with van der Waals surface area (Å²) in [7, 11) is 0. The predicted octanol–water partition coefficient (Wildman–Crippen LogP) is 8.62. The normalized spacial score (nSPS) is 23.1. The minimum Gasteiger partial charge on any atom is -0.364 e. The van der Waals surface area contributed by atoms with E-state index in [0.29, 0.717) is 40.0 Å². The van der Waals surface area contributed by atoms with Gasteiger partial charge in [-0.2, -0.15) is 0 Å². The van der Waals surface area contributed by atoms with Gasteiger partial charge in [-0.05, 0) is 61.1 Å². The molecule has 2 aromatic heterocycles. The van der Waals surface area contributed by atoms with Gasteiger partial charge in [0.15, 0.2) is 11.6 Å². The summed E-state index contributed by atoms with van der Waals surface area (Å²) in [5.41, 5.74) is 1.96. The van der Waals surface area contributed by atoms with E-state index in [-0.39, 0.29) is 33.6 Å². The maximum Gasteiger partial charge on any atom is 0.223 e. The Hall–Kier alpha value is -3.43. The molecule has 7 heteroatoms. The Morgan fingerprint density at radius 1 is 1.08 bits per heavy atom. The highest BCUT2D eigenvalue weighted by Crippen LogP contribution is 2.48. The topological polar surface area (TPSA) is 45.1 Å². The van der Waals surface area contributed by atoms with Crippen LogP contribution in [0.25, 0.3) is 38.1 Å². The molecule has 3 aliphatic carbocycles. The van der Waals surface area contributed by atoms with E-state index in [2.05, 4.69) is 22.1 Å². The number of fused-ring (bicyclic) bond motifs is 4. The number of halogens is 3. The molecule has 3 fully saturated rings. The average molecular weight is 503 g/mol. The van der Waals surface area contributed by atoms with E-state index >= 15 is 4.39 Å². The van der Waals surface area contributed by atoms with E-state index < -0.39 is 11.6 Å². The van der Waals surface area contributed by atoms with Crippen LogP contribution in [-0.2, 0) is 0 Å². The Kier molecular flexibility index (Phi) is 5.69. The lowest BCUT2D eigenvalue weighted by atomic mass is 9.62. The summed E-state index contributed by atoms with van der Waals surface area (Å²) in [6.07, 6.45) is 6.32. The van der Waals surface area contributed by atoms with Gasteiger partial charge in [-0.3, -0.25) is 0 Å². The van der Waals surface area contributed by atoms with E-state index in [9.17, 15) is 4.39 Å². The monoisotopic (exact) mass is 502 g/mol. The summed E-state index contributed by atoms with van der Waals surface area (Å²) >= 11 is 6.17. The molecular weight excluding hydrogens is 478 g/mol. The number of benzene rings is 2. The first-order valence-electron chi connectivity index (χ1n) is 12.4. The first-order chi connectivity index (χ1) is 17.5. The lowest BCUT2D eigenvalue weighted by Crippen LogP contribution is -2.47. The number of hydrogen-bond donors (Lipinski definition) is 2. The van der Waals surface area contributed by atoms with Gasteiger partial charge in [0.1, 0.15) is 5.82 Å². The second-order valence-electron chi connectivity index (χ2n) is 10.0. The van der Waals surface area contributed by atoms with Crippen molar-refractivity contribution in [3.63, 3.8) is 0 Å². The Morgan fingerprint density at radius 3 is 2.50 bits per heavy atom. The van der Waals surface area contributed by atoms with E-state index in [0.717, 1.165) is 12.8 Å². The van der Waals surface area contributed by atoms with Crippen molar-refractivity contribution in [3.05, 3.63) is 76.7 Å². The molecule has 3 aliphatic rings. The standard InChI is InChI=1S/C29H25ClF2N4/c1-15-16-8-10-18(11-9-16)25(15)35-29-24(32)23(17-6-4-3-5-7-17)28(33-2)27(36-29)21-14-34-26-20(21)12-19(30)13-22(26)31/h3-7,12-16,18,25,34H,8-11H2,1H3,(H,35,36)/t15-,16?,18?,25+/m1/s1. The fourth-order valence-electron chi connectivity index (χ4n) is 6.33. The number of hydrogen-bond acceptors (Lipinski definition) is 2. The lowest BCUT2D eigenvalue weighted by Gasteiger charge is -2.47. The van der Waals surface area contributed by atoms with Gasteiger partial charge in [-0.1, -0.05) is 48.9 Å². The van der Waals surface area contributed by atoms with Crippen LogP contribution in [0.3, 0.4) is 0 Å². The van der Waals surface area contributed by atoms with Crippen LogP contribution in [0.15, 0.2) is 48.7 Å². The molecular formula is C29H25ClF2N4. The van der Waals surface area contributed by atoms with Crippen LogP contribution in [0, 0.1) is 36.0 Å². The zero-order valence-electron chi connectivity index (χ0n) is 19.8. The first-order valence-corrected chi connectivity index (χ1v) is 12.7. The van der Waals surface area contributed by atoms with E-state index in [1.807, 2.05) is 18.2 Å². The Morgan fingerprint density at radius 2 is 1.81 bits per heavy atom. The number of H-pyrrole nitrogens is 1. The van der Waals surface area contributed by atoms with Crippen LogP contribution in [-0.4, -0.2) is 16.0 Å². The fraction of sp³-hybridized carbons (Fsp3) is 0.310. The van der Waals surface area contributed by atoms with Gasteiger partial charge in [0.2, 0.25) is 5.69 Å². The number of nitrogens with zero attached hydrogens (tertiary/aromatic N) is 2. The third-order valence-electron chi connectivity index (χ3n) is 8.19.